The third-order valence-corrected chi connectivity index (χ3v) is 4.48. The number of hydrogen-bond donors (Lipinski definition) is 2. The molecule has 7 heteroatoms. The monoisotopic (exact) mass is 527 g/mol. The summed E-state index contributed by atoms with van der Waals surface area (Å²) in [5, 5.41) is 6.70. The van der Waals surface area contributed by atoms with Gasteiger partial charge in [-0.1, -0.05) is 29.3 Å². The van der Waals surface area contributed by atoms with Gasteiger partial charge in [-0.2, -0.15) is 0 Å². The van der Waals surface area contributed by atoms with Crippen LogP contribution in [-0.4, -0.2) is 40.4 Å². The van der Waals surface area contributed by atoms with Crippen molar-refractivity contribution < 1.29 is 14.2 Å². The fourth-order valence-corrected chi connectivity index (χ4v) is 3.28. The van der Waals surface area contributed by atoms with E-state index in [-0.39, 0.29) is 24.0 Å². The normalized spacial score (nSPS) is 10.8. The summed E-state index contributed by atoms with van der Waals surface area (Å²) in [4.78, 5) is 4.70. The summed E-state index contributed by atoms with van der Waals surface area (Å²) in [5.41, 5.74) is 4.90. The van der Waals surface area contributed by atoms with Crippen molar-refractivity contribution in [3.63, 3.8) is 0 Å². The van der Waals surface area contributed by atoms with Crippen LogP contribution in [0.1, 0.15) is 29.2 Å². The van der Waals surface area contributed by atoms with Gasteiger partial charge in [-0.25, -0.2) is 4.99 Å². The average molecular weight is 527 g/mol. The summed E-state index contributed by atoms with van der Waals surface area (Å²) in [6.45, 7) is 8.42. The zero-order chi connectivity index (χ0) is 21.2. The first-order valence-corrected chi connectivity index (χ1v) is 9.89. The molecule has 2 N–H and O–H groups in total. The molecule has 0 aliphatic heterocycles. The smallest absolute Gasteiger partial charge is 0.203 e. The lowest BCUT2D eigenvalue weighted by Gasteiger charge is -2.14. The van der Waals surface area contributed by atoms with Gasteiger partial charge in [0.25, 0.3) is 0 Å². The number of aryl methyl sites for hydroxylation is 2. The number of nitrogens with one attached hydrogen (secondary N) is 2. The Morgan fingerprint density at radius 1 is 0.833 bits per heavy atom. The molecular formula is C23H34IN3O3. The predicted octanol–water partition coefficient (Wildman–Crippen LogP) is 4.25. The van der Waals surface area contributed by atoms with Crippen molar-refractivity contribution in [2.45, 2.75) is 33.7 Å². The summed E-state index contributed by atoms with van der Waals surface area (Å²) in [7, 11) is 4.83. The Kier molecular flexibility index (Phi) is 11.4. The van der Waals surface area contributed by atoms with Gasteiger partial charge in [-0.15, -0.1) is 24.0 Å². The van der Waals surface area contributed by atoms with Crippen molar-refractivity contribution in [1.29, 1.82) is 0 Å². The summed E-state index contributed by atoms with van der Waals surface area (Å²) in [6, 6.07) is 10.5. The SMILES string of the molecule is CCNC(=NCc1cc(OC)c(OC)c(OC)c1)NCCc1cc(C)cc(C)c1.I. The Balaban J connectivity index is 0.00000450. The molecule has 166 valence electrons. The lowest BCUT2D eigenvalue weighted by molar-refractivity contribution is 0.324. The average Bonchev–Trinajstić information content (AvgIpc) is 2.70. The first-order valence-electron chi connectivity index (χ1n) is 9.89. The molecule has 0 fully saturated rings. The standard InChI is InChI=1S/C23H33N3O3.HI/c1-7-24-23(25-9-8-18-11-16(2)10-17(3)12-18)26-15-19-13-20(27-4)22(29-6)21(14-19)28-5;/h10-14H,7-9,15H2,1-6H3,(H2,24,25,26);1H. The number of benzene rings is 2. The van der Waals surface area contributed by atoms with Crippen LogP contribution in [0.15, 0.2) is 35.3 Å². The highest BCUT2D eigenvalue weighted by Gasteiger charge is 2.13. The quantitative estimate of drug-likeness (QED) is 0.290. The Morgan fingerprint density at radius 2 is 1.43 bits per heavy atom. The van der Waals surface area contributed by atoms with Crippen molar-refractivity contribution in [1.82, 2.24) is 10.6 Å². The number of hydrogen-bond acceptors (Lipinski definition) is 4. The lowest BCUT2D eigenvalue weighted by Crippen LogP contribution is -2.38. The van der Waals surface area contributed by atoms with E-state index in [9.17, 15) is 0 Å². The van der Waals surface area contributed by atoms with Crippen LogP contribution in [0.5, 0.6) is 17.2 Å². The minimum Gasteiger partial charge on any atom is -0.493 e. The lowest BCUT2D eigenvalue weighted by atomic mass is 10.1. The number of rotatable bonds is 9. The molecule has 0 amide bonds. The second-order valence-electron chi connectivity index (χ2n) is 6.90. The van der Waals surface area contributed by atoms with Gasteiger partial charge in [-0.05, 0) is 50.5 Å². The number of methoxy groups -OCH3 is 3. The predicted molar refractivity (Wildman–Crippen MR) is 134 cm³/mol. The van der Waals surface area contributed by atoms with Gasteiger partial charge in [0.15, 0.2) is 17.5 Å². The maximum atomic E-state index is 5.42. The first kappa shape index (κ1) is 25.9. The minimum atomic E-state index is 0. The van der Waals surface area contributed by atoms with Crippen LogP contribution in [0.3, 0.4) is 0 Å². The van der Waals surface area contributed by atoms with E-state index in [4.69, 9.17) is 19.2 Å². The van der Waals surface area contributed by atoms with Crippen LogP contribution in [0.2, 0.25) is 0 Å². The highest BCUT2D eigenvalue weighted by atomic mass is 127. The molecule has 2 rings (SSSR count). The van der Waals surface area contributed by atoms with E-state index in [0.29, 0.717) is 23.8 Å². The molecule has 0 aromatic heterocycles. The van der Waals surface area contributed by atoms with E-state index < -0.39 is 0 Å². The molecule has 0 saturated heterocycles. The molecular weight excluding hydrogens is 493 g/mol. The fraction of sp³-hybridized carbons (Fsp3) is 0.435. The molecule has 30 heavy (non-hydrogen) atoms. The largest absolute Gasteiger partial charge is 0.493 e. The molecule has 0 aliphatic carbocycles. The minimum absolute atomic E-state index is 0. The van der Waals surface area contributed by atoms with Crippen molar-refractivity contribution in [3.8, 4) is 17.2 Å². The van der Waals surface area contributed by atoms with Crippen LogP contribution in [0.4, 0.5) is 0 Å². The van der Waals surface area contributed by atoms with Gasteiger partial charge >= 0.3 is 0 Å². The van der Waals surface area contributed by atoms with Crippen molar-refractivity contribution in [2.24, 2.45) is 4.99 Å². The molecule has 0 atom stereocenters. The van der Waals surface area contributed by atoms with E-state index in [2.05, 4.69) is 49.6 Å². The highest BCUT2D eigenvalue weighted by Crippen LogP contribution is 2.38. The summed E-state index contributed by atoms with van der Waals surface area (Å²) < 4.78 is 16.2. The van der Waals surface area contributed by atoms with Crippen LogP contribution in [0, 0.1) is 13.8 Å². The molecule has 0 spiro atoms. The third-order valence-electron chi connectivity index (χ3n) is 4.48. The summed E-state index contributed by atoms with van der Waals surface area (Å²) in [5.74, 6) is 2.63. The maximum absolute atomic E-state index is 5.42. The summed E-state index contributed by atoms with van der Waals surface area (Å²) >= 11 is 0. The van der Waals surface area contributed by atoms with E-state index >= 15 is 0 Å². The van der Waals surface area contributed by atoms with Gasteiger partial charge < -0.3 is 24.8 Å². The topological polar surface area (TPSA) is 64.1 Å². The first-order chi connectivity index (χ1) is 14.0. The Bertz CT molecular complexity index is 795. The second-order valence-corrected chi connectivity index (χ2v) is 6.90. The van der Waals surface area contributed by atoms with Crippen molar-refractivity contribution in [3.05, 3.63) is 52.6 Å². The molecule has 2 aromatic carbocycles. The molecule has 0 bridgehead atoms. The van der Waals surface area contributed by atoms with Gasteiger partial charge in [0.2, 0.25) is 5.75 Å². The van der Waals surface area contributed by atoms with Crippen LogP contribution >= 0.6 is 24.0 Å². The molecule has 0 radical (unpaired) electrons. The van der Waals surface area contributed by atoms with Gasteiger partial charge in [0.1, 0.15) is 0 Å². The van der Waals surface area contributed by atoms with Crippen molar-refractivity contribution >= 4 is 29.9 Å². The molecule has 2 aromatic rings. The number of halogens is 1. The number of aliphatic imine (C=N–C) groups is 1. The highest BCUT2D eigenvalue weighted by molar-refractivity contribution is 14.0. The second kappa shape index (κ2) is 13.2. The van der Waals surface area contributed by atoms with Gasteiger partial charge in [-0.3, -0.25) is 0 Å². The molecule has 6 nitrogen and oxygen atoms in total. The number of nitrogens with zero attached hydrogens (tertiary/aromatic N) is 1. The van der Waals surface area contributed by atoms with Crippen LogP contribution < -0.4 is 24.8 Å². The van der Waals surface area contributed by atoms with E-state index in [0.717, 1.165) is 31.0 Å². The summed E-state index contributed by atoms with van der Waals surface area (Å²) in [6.07, 6.45) is 0.942. The van der Waals surface area contributed by atoms with Crippen molar-refractivity contribution in [2.75, 3.05) is 34.4 Å². The molecule has 0 saturated carbocycles. The van der Waals surface area contributed by atoms with E-state index in [1.54, 1.807) is 21.3 Å². The van der Waals surface area contributed by atoms with Crippen LogP contribution in [0.25, 0.3) is 0 Å². The maximum Gasteiger partial charge on any atom is 0.203 e. The Labute approximate surface area is 197 Å². The zero-order valence-electron chi connectivity index (χ0n) is 18.8. The number of ether oxygens (including phenoxy) is 3. The van der Waals surface area contributed by atoms with Gasteiger partial charge in [0, 0.05) is 13.1 Å². The third kappa shape index (κ3) is 7.59. The molecule has 0 heterocycles. The van der Waals surface area contributed by atoms with E-state index in [1.165, 1.54) is 16.7 Å². The van der Waals surface area contributed by atoms with Gasteiger partial charge in [0.05, 0.1) is 27.9 Å². The Morgan fingerprint density at radius 3 is 1.93 bits per heavy atom. The fourth-order valence-electron chi connectivity index (χ4n) is 3.28. The zero-order valence-corrected chi connectivity index (χ0v) is 21.1. The molecule has 0 aliphatic rings. The number of guanidine groups is 1. The molecule has 0 unspecified atom stereocenters. The van der Waals surface area contributed by atoms with Crippen LogP contribution in [-0.2, 0) is 13.0 Å². The Hall–Kier alpha value is -2.16. The van der Waals surface area contributed by atoms with E-state index in [1.807, 2.05) is 12.1 Å².